The smallest absolute Gasteiger partial charge is 0.279 e. The van der Waals surface area contributed by atoms with E-state index in [1.807, 2.05) is 36.6 Å². The van der Waals surface area contributed by atoms with E-state index in [1.165, 1.54) is 21.8 Å². The van der Waals surface area contributed by atoms with Gasteiger partial charge in [0.25, 0.3) is 5.91 Å². The maximum Gasteiger partial charge on any atom is 0.279 e. The molecule has 0 saturated carbocycles. The molecule has 1 aromatic heterocycles. The highest BCUT2D eigenvalue weighted by atomic mass is 32.2. The van der Waals surface area contributed by atoms with E-state index in [1.54, 1.807) is 16.7 Å². The minimum absolute atomic E-state index is 0.0851. The quantitative estimate of drug-likeness (QED) is 0.595. The van der Waals surface area contributed by atoms with Crippen molar-refractivity contribution in [3.63, 3.8) is 0 Å². The molecular formula is C20H21N3O3S2. The van der Waals surface area contributed by atoms with Gasteiger partial charge in [-0.15, -0.1) is 23.1 Å². The lowest BCUT2D eigenvalue weighted by atomic mass is 10.1. The van der Waals surface area contributed by atoms with Gasteiger partial charge < -0.3 is 4.90 Å². The zero-order valence-electron chi connectivity index (χ0n) is 15.5. The number of thioether (sulfide) groups is 1. The van der Waals surface area contributed by atoms with Gasteiger partial charge in [-0.3, -0.25) is 25.2 Å². The summed E-state index contributed by atoms with van der Waals surface area (Å²) >= 11 is 3.12. The Morgan fingerprint density at radius 1 is 1.18 bits per heavy atom. The van der Waals surface area contributed by atoms with Gasteiger partial charge in [-0.1, -0.05) is 0 Å². The van der Waals surface area contributed by atoms with Crippen LogP contribution in [0.1, 0.15) is 33.0 Å². The van der Waals surface area contributed by atoms with Gasteiger partial charge in [0.05, 0.1) is 10.8 Å². The van der Waals surface area contributed by atoms with E-state index in [2.05, 4.69) is 10.9 Å². The van der Waals surface area contributed by atoms with E-state index in [0.717, 1.165) is 29.8 Å². The second-order valence-corrected chi connectivity index (χ2v) is 8.98. The summed E-state index contributed by atoms with van der Waals surface area (Å²) in [5.41, 5.74) is 7.00. The molecule has 28 heavy (non-hydrogen) atoms. The van der Waals surface area contributed by atoms with Crippen LogP contribution in [-0.2, 0) is 22.4 Å². The van der Waals surface area contributed by atoms with E-state index in [0.29, 0.717) is 11.4 Å². The van der Waals surface area contributed by atoms with Gasteiger partial charge in [0.15, 0.2) is 0 Å². The summed E-state index contributed by atoms with van der Waals surface area (Å²) in [7, 11) is 0. The summed E-state index contributed by atoms with van der Waals surface area (Å²) in [6.07, 6.45) is 5.32. The third-order valence-corrected chi connectivity index (χ3v) is 7.13. The van der Waals surface area contributed by atoms with Crippen molar-refractivity contribution in [2.24, 2.45) is 5.92 Å². The summed E-state index contributed by atoms with van der Waals surface area (Å²) in [5, 5.41) is 0. The molecule has 2 aromatic rings. The Hall–Kier alpha value is -2.32. The summed E-state index contributed by atoms with van der Waals surface area (Å²) in [6.45, 7) is 0.312. The predicted molar refractivity (Wildman–Crippen MR) is 111 cm³/mol. The number of nitrogens with one attached hydrogen (secondary N) is 2. The fraction of sp³-hybridized carbons (Fsp3) is 0.350. The van der Waals surface area contributed by atoms with Crippen LogP contribution in [0.25, 0.3) is 0 Å². The molecule has 2 N–H and O–H groups in total. The van der Waals surface area contributed by atoms with Crippen LogP contribution in [0, 0.1) is 5.92 Å². The molecule has 0 spiro atoms. The van der Waals surface area contributed by atoms with Gasteiger partial charge in [-0.05, 0) is 61.4 Å². The van der Waals surface area contributed by atoms with Gasteiger partial charge in [-0.25, -0.2) is 0 Å². The molecule has 6 nitrogen and oxygen atoms in total. The number of fused-ring (bicyclic) bond motifs is 1. The van der Waals surface area contributed by atoms with Crippen molar-refractivity contribution in [1.29, 1.82) is 0 Å². The van der Waals surface area contributed by atoms with Crippen LogP contribution in [0.3, 0.4) is 0 Å². The number of aryl methyl sites for hydroxylation is 2. The first kappa shape index (κ1) is 19.0. The molecular weight excluding hydrogens is 394 g/mol. The largest absolute Gasteiger partial charge is 0.312 e. The predicted octanol–water partition coefficient (Wildman–Crippen LogP) is 2.77. The molecule has 1 fully saturated rings. The first-order valence-electron chi connectivity index (χ1n) is 9.21. The van der Waals surface area contributed by atoms with Crippen LogP contribution in [0.15, 0.2) is 35.2 Å². The monoisotopic (exact) mass is 415 g/mol. The molecule has 2 aliphatic rings. The summed E-state index contributed by atoms with van der Waals surface area (Å²) in [6, 6.07) is 9.61. The molecule has 146 valence electrons. The van der Waals surface area contributed by atoms with Crippen LogP contribution in [0.2, 0.25) is 0 Å². The minimum Gasteiger partial charge on any atom is -0.312 e. The van der Waals surface area contributed by atoms with Crippen molar-refractivity contribution in [2.75, 3.05) is 17.7 Å². The Kier molecular flexibility index (Phi) is 5.41. The zero-order valence-corrected chi connectivity index (χ0v) is 17.1. The van der Waals surface area contributed by atoms with Crippen LogP contribution in [0.5, 0.6) is 0 Å². The van der Waals surface area contributed by atoms with Crippen molar-refractivity contribution in [3.8, 4) is 0 Å². The number of thiophene rings is 1. The molecule has 8 heteroatoms. The van der Waals surface area contributed by atoms with E-state index < -0.39 is 5.92 Å². The van der Waals surface area contributed by atoms with Crippen molar-refractivity contribution < 1.29 is 14.4 Å². The number of carbonyl (C=O) groups is 3. The Morgan fingerprint density at radius 2 is 1.96 bits per heavy atom. The lowest BCUT2D eigenvalue weighted by Crippen LogP contribution is -2.45. The maximum atomic E-state index is 12.4. The minimum atomic E-state index is -0.485. The van der Waals surface area contributed by atoms with E-state index in [9.17, 15) is 14.4 Å². The SMILES string of the molecule is CSc1ccc(N2C[C@@H](C(=O)NNC(=O)c3cc4c(s3)CCC4)CC2=O)cc1. The van der Waals surface area contributed by atoms with Crippen LogP contribution in [0.4, 0.5) is 5.69 Å². The molecule has 0 unspecified atom stereocenters. The van der Waals surface area contributed by atoms with Gasteiger partial charge in [0.1, 0.15) is 0 Å². The molecule has 4 rings (SSSR count). The number of rotatable bonds is 4. The molecule has 1 aromatic carbocycles. The maximum absolute atomic E-state index is 12.4. The van der Waals surface area contributed by atoms with E-state index >= 15 is 0 Å². The number of hydrogen-bond acceptors (Lipinski definition) is 5. The van der Waals surface area contributed by atoms with Gasteiger partial charge in [0, 0.05) is 28.4 Å². The number of amides is 3. The first-order chi connectivity index (χ1) is 13.5. The highest BCUT2D eigenvalue weighted by Gasteiger charge is 2.35. The van der Waals surface area contributed by atoms with Gasteiger partial charge >= 0.3 is 0 Å². The Labute approximate surface area is 171 Å². The first-order valence-corrected chi connectivity index (χ1v) is 11.3. The van der Waals surface area contributed by atoms with Crippen molar-refractivity contribution in [3.05, 3.63) is 45.6 Å². The van der Waals surface area contributed by atoms with E-state index in [-0.39, 0.29) is 24.1 Å². The second-order valence-electron chi connectivity index (χ2n) is 6.96. The standard InChI is InChI=1S/C20H21N3O3S2/c1-27-15-7-5-14(6-8-15)23-11-13(10-18(23)24)19(25)21-22-20(26)17-9-12-3-2-4-16(12)28-17/h5-9,13H,2-4,10-11H2,1H3,(H,21,25)(H,22,26)/t13-/m0/s1. The molecule has 1 aliphatic heterocycles. The Balaban J connectivity index is 1.33. The number of nitrogens with zero attached hydrogens (tertiary/aromatic N) is 1. The Bertz CT molecular complexity index is 902. The number of hydrazine groups is 1. The van der Waals surface area contributed by atoms with Crippen LogP contribution < -0.4 is 15.8 Å². The number of carbonyl (C=O) groups excluding carboxylic acids is 3. The lowest BCUT2D eigenvalue weighted by molar-refractivity contribution is -0.126. The van der Waals surface area contributed by atoms with Crippen LogP contribution >= 0.6 is 23.1 Å². The number of benzene rings is 1. The zero-order chi connectivity index (χ0) is 19.7. The third-order valence-electron chi connectivity index (χ3n) is 5.15. The fourth-order valence-corrected chi connectivity index (χ4v) is 5.17. The molecule has 0 radical (unpaired) electrons. The molecule has 2 heterocycles. The summed E-state index contributed by atoms with van der Waals surface area (Å²) < 4.78 is 0. The van der Waals surface area contributed by atoms with Crippen molar-refractivity contribution >= 4 is 46.5 Å². The molecule has 1 atom stereocenters. The highest BCUT2D eigenvalue weighted by Crippen LogP contribution is 2.30. The third kappa shape index (κ3) is 3.79. The molecule has 1 aliphatic carbocycles. The molecule has 1 saturated heterocycles. The van der Waals surface area contributed by atoms with Crippen LogP contribution in [-0.4, -0.2) is 30.5 Å². The summed E-state index contributed by atoms with van der Waals surface area (Å²) in [5.74, 6) is -1.21. The number of hydrogen-bond donors (Lipinski definition) is 2. The number of anilines is 1. The average molecular weight is 416 g/mol. The normalized spacial score (nSPS) is 18.2. The summed E-state index contributed by atoms with van der Waals surface area (Å²) in [4.78, 5) is 41.7. The van der Waals surface area contributed by atoms with Gasteiger partial charge in [-0.2, -0.15) is 0 Å². The highest BCUT2D eigenvalue weighted by molar-refractivity contribution is 7.98. The topological polar surface area (TPSA) is 78.5 Å². The average Bonchev–Trinajstić information content (AvgIpc) is 3.40. The molecule has 3 amide bonds. The molecule has 0 bridgehead atoms. The lowest BCUT2D eigenvalue weighted by Gasteiger charge is -2.17. The fourth-order valence-electron chi connectivity index (χ4n) is 3.62. The van der Waals surface area contributed by atoms with Crippen molar-refractivity contribution in [2.45, 2.75) is 30.6 Å². The Morgan fingerprint density at radius 3 is 2.68 bits per heavy atom. The van der Waals surface area contributed by atoms with E-state index in [4.69, 9.17) is 0 Å². The van der Waals surface area contributed by atoms with Gasteiger partial charge in [0.2, 0.25) is 11.8 Å². The second kappa shape index (κ2) is 7.97. The van der Waals surface area contributed by atoms with Crippen molar-refractivity contribution in [1.82, 2.24) is 10.9 Å².